The summed E-state index contributed by atoms with van der Waals surface area (Å²) >= 11 is 5.57. The summed E-state index contributed by atoms with van der Waals surface area (Å²) in [6.45, 7) is 0.0121. The third-order valence-electron chi connectivity index (χ3n) is 2.82. The molecule has 20 heavy (non-hydrogen) atoms. The number of hydrogen-bond donors (Lipinski definition) is 0. The Bertz CT molecular complexity index is 496. The number of benzene rings is 1. The van der Waals surface area contributed by atoms with Gasteiger partial charge < -0.3 is 9.64 Å². The zero-order valence-corrected chi connectivity index (χ0v) is 12.0. The molecule has 0 aliphatic rings. The third-order valence-corrected chi connectivity index (χ3v) is 3.05. The van der Waals surface area contributed by atoms with Gasteiger partial charge in [0.15, 0.2) is 0 Å². The number of methoxy groups -OCH3 is 1. The second kappa shape index (κ2) is 8.23. The van der Waals surface area contributed by atoms with Gasteiger partial charge >= 0.3 is 5.97 Å². The normalized spacial score (nSPS) is 11.2. The number of rotatable bonds is 6. The van der Waals surface area contributed by atoms with Crippen molar-refractivity contribution in [1.29, 1.82) is 0 Å². The van der Waals surface area contributed by atoms with E-state index in [4.69, 9.17) is 22.8 Å². The summed E-state index contributed by atoms with van der Waals surface area (Å²) in [5, 5.41) is 0. The molecule has 1 aromatic rings. The molecule has 106 valence electrons. The highest BCUT2D eigenvalue weighted by atomic mass is 35.5. The molecule has 0 aliphatic carbocycles. The first-order valence-electron chi connectivity index (χ1n) is 6.04. The highest BCUT2D eigenvalue weighted by molar-refractivity contribution is 6.27. The Morgan fingerprint density at radius 3 is 2.55 bits per heavy atom. The summed E-state index contributed by atoms with van der Waals surface area (Å²) in [5.74, 6) is 1.23. The molecule has 0 unspecified atom stereocenters. The Balaban J connectivity index is 3.00. The van der Waals surface area contributed by atoms with Crippen LogP contribution in [0.4, 0.5) is 0 Å². The number of ether oxygens (including phenoxy) is 1. The minimum Gasteiger partial charge on any atom is -0.467 e. The fraction of sp³-hybridized carbons (Fsp3) is 0.333. The molecular formula is C15H16ClNO3. The van der Waals surface area contributed by atoms with Crippen LogP contribution in [0.15, 0.2) is 30.3 Å². The van der Waals surface area contributed by atoms with E-state index in [1.165, 1.54) is 12.0 Å². The summed E-state index contributed by atoms with van der Waals surface area (Å²) < 4.78 is 4.76. The van der Waals surface area contributed by atoms with Crippen molar-refractivity contribution < 1.29 is 14.3 Å². The first-order chi connectivity index (χ1) is 9.63. The van der Waals surface area contributed by atoms with Gasteiger partial charge in [-0.3, -0.25) is 4.79 Å². The lowest BCUT2D eigenvalue weighted by atomic mass is 10.0. The molecule has 0 saturated heterocycles. The molecule has 1 aromatic carbocycles. The molecule has 0 N–H and O–H groups in total. The van der Waals surface area contributed by atoms with Crippen molar-refractivity contribution in [1.82, 2.24) is 4.90 Å². The molecule has 4 nitrogen and oxygen atoms in total. The van der Waals surface area contributed by atoms with Crippen LogP contribution < -0.4 is 0 Å². The lowest BCUT2D eigenvalue weighted by Crippen LogP contribution is -2.47. The number of alkyl halides is 1. The number of hydrogen-bond acceptors (Lipinski definition) is 3. The Morgan fingerprint density at radius 2 is 2.05 bits per heavy atom. The van der Waals surface area contributed by atoms with Gasteiger partial charge in [-0.1, -0.05) is 36.3 Å². The van der Waals surface area contributed by atoms with Gasteiger partial charge in [0.1, 0.15) is 11.9 Å². The summed E-state index contributed by atoms with van der Waals surface area (Å²) in [4.78, 5) is 25.0. The van der Waals surface area contributed by atoms with Crippen LogP contribution in [0.3, 0.4) is 0 Å². The van der Waals surface area contributed by atoms with E-state index in [-0.39, 0.29) is 12.4 Å². The topological polar surface area (TPSA) is 46.6 Å². The first-order valence-corrected chi connectivity index (χ1v) is 6.58. The highest BCUT2D eigenvalue weighted by Gasteiger charge is 2.29. The average molecular weight is 294 g/mol. The maximum Gasteiger partial charge on any atom is 0.328 e. The van der Waals surface area contributed by atoms with Gasteiger partial charge in [-0.15, -0.1) is 18.0 Å². The number of esters is 1. The lowest BCUT2D eigenvalue weighted by Gasteiger charge is -2.27. The van der Waals surface area contributed by atoms with Crippen molar-refractivity contribution in [3.05, 3.63) is 35.9 Å². The van der Waals surface area contributed by atoms with E-state index in [1.54, 1.807) is 0 Å². The Morgan fingerprint density at radius 1 is 1.40 bits per heavy atom. The molecule has 0 spiro atoms. The largest absolute Gasteiger partial charge is 0.467 e. The second-order valence-electron chi connectivity index (χ2n) is 4.09. The lowest BCUT2D eigenvalue weighted by molar-refractivity contribution is -0.151. The summed E-state index contributed by atoms with van der Waals surface area (Å²) in [6, 6.07) is 8.56. The zero-order chi connectivity index (χ0) is 15.0. The maximum absolute atomic E-state index is 11.9. The number of halogens is 1. The predicted molar refractivity (Wildman–Crippen MR) is 77.2 cm³/mol. The summed E-state index contributed by atoms with van der Waals surface area (Å²) in [7, 11) is 1.28. The van der Waals surface area contributed by atoms with E-state index in [0.717, 1.165) is 5.56 Å². The maximum atomic E-state index is 11.9. The van der Waals surface area contributed by atoms with Crippen LogP contribution in [0.5, 0.6) is 0 Å². The quantitative estimate of drug-likeness (QED) is 0.453. The standard InChI is InChI=1S/C15H16ClNO3/c1-3-9-17(14(18)11-16)13(15(19)20-2)10-12-7-5-4-6-8-12/h1,4-8,13H,9-11H2,2H3/t13-/m0/s1. The number of nitrogens with zero attached hydrogens (tertiary/aromatic N) is 1. The molecule has 0 heterocycles. The molecule has 1 amide bonds. The first kappa shape index (κ1) is 16.1. The smallest absolute Gasteiger partial charge is 0.328 e. The molecule has 1 rings (SSSR count). The monoisotopic (exact) mass is 293 g/mol. The molecule has 0 fully saturated rings. The zero-order valence-electron chi connectivity index (χ0n) is 11.2. The van der Waals surface area contributed by atoms with E-state index in [2.05, 4.69) is 5.92 Å². The molecular weight excluding hydrogens is 278 g/mol. The number of amides is 1. The van der Waals surface area contributed by atoms with Crippen molar-refractivity contribution in [2.75, 3.05) is 19.5 Å². The van der Waals surface area contributed by atoms with Crippen LogP contribution in [0.2, 0.25) is 0 Å². The number of carbonyl (C=O) groups is 2. The van der Waals surface area contributed by atoms with E-state index >= 15 is 0 Å². The van der Waals surface area contributed by atoms with Crippen molar-refractivity contribution in [2.45, 2.75) is 12.5 Å². The minimum absolute atomic E-state index is 0.0121. The van der Waals surface area contributed by atoms with Gasteiger partial charge in [-0.2, -0.15) is 0 Å². The van der Waals surface area contributed by atoms with E-state index in [9.17, 15) is 9.59 Å². The van der Waals surface area contributed by atoms with Crippen LogP contribution in [-0.2, 0) is 20.7 Å². The van der Waals surface area contributed by atoms with Crippen LogP contribution in [0.25, 0.3) is 0 Å². The van der Waals surface area contributed by atoms with Crippen LogP contribution in [0.1, 0.15) is 5.56 Å². The molecule has 0 aromatic heterocycles. The van der Waals surface area contributed by atoms with Gasteiger partial charge in [0.25, 0.3) is 0 Å². The summed E-state index contributed by atoms with van der Waals surface area (Å²) in [5.41, 5.74) is 0.910. The van der Waals surface area contributed by atoms with Crippen molar-refractivity contribution in [3.8, 4) is 12.3 Å². The van der Waals surface area contributed by atoms with Gasteiger partial charge in [0.05, 0.1) is 13.7 Å². The second-order valence-corrected chi connectivity index (χ2v) is 4.36. The number of carbonyl (C=O) groups excluding carboxylic acids is 2. The fourth-order valence-electron chi connectivity index (χ4n) is 1.84. The van der Waals surface area contributed by atoms with Crippen LogP contribution >= 0.6 is 11.6 Å². The molecule has 0 radical (unpaired) electrons. The van der Waals surface area contributed by atoms with Crippen LogP contribution in [-0.4, -0.2) is 42.4 Å². The predicted octanol–water partition coefficient (Wildman–Crippen LogP) is 1.47. The minimum atomic E-state index is -0.773. The molecule has 1 atom stereocenters. The molecule has 0 aliphatic heterocycles. The Labute approximate surface area is 123 Å². The van der Waals surface area contributed by atoms with E-state index < -0.39 is 17.9 Å². The SMILES string of the molecule is C#CCN(C(=O)CCl)[C@@H](Cc1ccccc1)C(=O)OC. The molecule has 0 saturated carbocycles. The molecule has 0 bridgehead atoms. The summed E-state index contributed by atoms with van der Waals surface area (Å²) in [6.07, 6.45) is 5.59. The molecule has 5 heteroatoms. The Hall–Kier alpha value is -1.99. The van der Waals surface area contributed by atoms with Gasteiger partial charge in [-0.25, -0.2) is 4.79 Å². The van der Waals surface area contributed by atoms with Crippen molar-refractivity contribution in [3.63, 3.8) is 0 Å². The average Bonchev–Trinajstić information content (AvgIpc) is 2.50. The highest BCUT2D eigenvalue weighted by Crippen LogP contribution is 2.11. The van der Waals surface area contributed by atoms with Crippen molar-refractivity contribution >= 4 is 23.5 Å². The van der Waals surface area contributed by atoms with E-state index in [1.807, 2.05) is 30.3 Å². The van der Waals surface area contributed by atoms with Crippen LogP contribution in [0, 0.1) is 12.3 Å². The van der Waals surface area contributed by atoms with Gasteiger partial charge in [0, 0.05) is 6.42 Å². The van der Waals surface area contributed by atoms with Gasteiger partial charge in [-0.05, 0) is 5.56 Å². The Kier molecular flexibility index (Phi) is 6.61. The van der Waals surface area contributed by atoms with Gasteiger partial charge in [0.2, 0.25) is 5.91 Å². The fourth-order valence-corrected chi connectivity index (χ4v) is 1.99. The van der Waals surface area contributed by atoms with Crippen molar-refractivity contribution in [2.24, 2.45) is 0 Å². The number of terminal acetylenes is 1. The third kappa shape index (κ3) is 4.29. The van der Waals surface area contributed by atoms with E-state index in [0.29, 0.717) is 6.42 Å².